The van der Waals surface area contributed by atoms with E-state index in [0.717, 1.165) is 0 Å². The number of hydrogen-bond donors (Lipinski definition) is 2. The summed E-state index contributed by atoms with van der Waals surface area (Å²) in [6, 6.07) is 0.547. The molecule has 0 aliphatic rings. The molecule has 1 rings (SSSR count). The first-order chi connectivity index (χ1) is 7.82. The minimum absolute atomic E-state index is 0.476. The van der Waals surface area contributed by atoms with E-state index in [-0.39, 0.29) is 0 Å². The number of nitrogens with zero attached hydrogens (tertiary/aromatic N) is 2. The Morgan fingerprint density at radius 3 is 2.65 bits per heavy atom. The Balaban J connectivity index is 3.35. The second-order valence-corrected chi connectivity index (χ2v) is 3.06. The highest BCUT2D eigenvalue weighted by Crippen LogP contribution is 2.29. The smallest absolute Gasteiger partial charge is 0.311 e. The average Bonchev–Trinajstić information content (AvgIpc) is 2.15. The molecule has 0 saturated heterocycles. The number of carbonyl (C=O) groups is 1. The number of halogens is 2. The van der Waals surface area contributed by atoms with Crippen LogP contribution in [0.1, 0.15) is 17.7 Å². The Bertz CT molecular complexity index is 478. The third kappa shape index (κ3) is 2.83. The Kier molecular flexibility index (Phi) is 3.51. The fourth-order valence-electron chi connectivity index (χ4n) is 1.19. The highest BCUT2D eigenvalue weighted by Gasteiger charge is 2.23. The standard InChI is InChI=1S/C8H7F2N3O4/c9-7(10)3-1-5(13(16)17)8(11)12-4(3)2-6(14)15/h1,7H,2H2,(H2,11,12)(H,14,15). The molecule has 0 aliphatic heterocycles. The Morgan fingerprint density at radius 2 is 2.24 bits per heavy atom. The second-order valence-electron chi connectivity index (χ2n) is 3.06. The second kappa shape index (κ2) is 4.68. The molecular weight excluding hydrogens is 240 g/mol. The van der Waals surface area contributed by atoms with Crippen LogP contribution >= 0.6 is 0 Å². The molecule has 1 heterocycles. The number of anilines is 1. The van der Waals surface area contributed by atoms with Gasteiger partial charge in [0.25, 0.3) is 6.43 Å². The lowest BCUT2D eigenvalue weighted by Gasteiger charge is -2.07. The Morgan fingerprint density at radius 1 is 1.65 bits per heavy atom. The van der Waals surface area contributed by atoms with Crippen molar-refractivity contribution < 1.29 is 23.6 Å². The molecule has 92 valence electrons. The van der Waals surface area contributed by atoms with Gasteiger partial charge < -0.3 is 10.8 Å². The number of rotatable bonds is 4. The number of nitrogen functional groups attached to an aromatic ring is 1. The number of aromatic nitrogens is 1. The fraction of sp³-hybridized carbons (Fsp3) is 0.250. The van der Waals surface area contributed by atoms with Crippen LogP contribution in [-0.2, 0) is 11.2 Å². The van der Waals surface area contributed by atoms with Crippen LogP contribution < -0.4 is 5.73 Å². The SMILES string of the molecule is Nc1nc(CC(=O)O)c(C(F)F)cc1[N+](=O)[O-]. The summed E-state index contributed by atoms with van der Waals surface area (Å²) >= 11 is 0. The van der Waals surface area contributed by atoms with E-state index in [1.807, 2.05) is 0 Å². The van der Waals surface area contributed by atoms with Crippen molar-refractivity contribution in [3.63, 3.8) is 0 Å². The van der Waals surface area contributed by atoms with Crippen LogP contribution in [0.5, 0.6) is 0 Å². The number of carboxylic acid groups (broad SMARTS) is 1. The number of nitro groups is 1. The third-order valence-electron chi connectivity index (χ3n) is 1.89. The Hall–Kier alpha value is -2.32. The van der Waals surface area contributed by atoms with Crippen molar-refractivity contribution in [2.75, 3.05) is 5.73 Å². The van der Waals surface area contributed by atoms with Crippen molar-refractivity contribution >= 4 is 17.5 Å². The van der Waals surface area contributed by atoms with Crippen molar-refractivity contribution in [1.29, 1.82) is 0 Å². The molecule has 0 aliphatic carbocycles. The maximum absolute atomic E-state index is 12.6. The van der Waals surface area contributed by atoms with E-state index in [1.54, 1.807) is 0 Å². The van der Waals surface area contributed by atoms with Gasteiger partial charge in [-0.15, -0.1) is 0 Å². The predicted molar refractivity (Wildman–Crippen MR) is 51.6 cm³/mol. The summed E-state index contributed by atoms with van der Waals surface area (Å²) in [5.41, 5.74) is 3.13. The van der Waals surface area contributed by atoms with E-state index in [9.17, 15) is 23.7 Å². The molecule has 0 unspecified atom stereocenters. The van der Waals surface area contributed by atoms with Crippen LogP contribution in [-0.4, -0.2) is 21.0 Å². The molecule has 0 atom stereocenters. The molecule has 0 radical (unpaired) electrons. The summed E-state index contributed by atoms with van der Waals surface area (Å²) in [4.78, 5) is 23.2. The molecule has 0 aromatic carbocycles. The number of carboxylic acids is 1. The number of nitrogens with two attached hydrogens (primary N) is 1. The molecule has 0 amide bonds. The lowest BCUT2D eigenvalue weighted by atomic mass is 10.1. The van der Waals surface area contributed by atoms with E-state index in [0.29, 0.717) is 6.07 Å². The fourth-order valence-corrected chi connectivity index (χ4v) is 1.19. The highest BCUT2D eigenvalue weighted by molar-refractivity contribution is 5.71. The minimum Gasteiger partial charge on any atom is -0.481 e. The van der Waals surface area contributed by atoms with E-state index in [1.165, 1.54) is 0 Å². The first kappa shape index (κ1) is 12.7. The van der Waals surface area contributed by atoms with Crippen LogP contribution in [0.25, 0.3) is 0 Å². The van der Waals surface area contributed by atoms with Gasteiger partial charge >= 0.3 is 11.7 Å². The normalized spacial score (nSPS) is 10.5. The maximum Gasteiger partial charge on any atom is 0.311 e. The van der Waals surface area contributed by atoms with Gasteiger partial charge in [-0.25, -0.2) is 13.8 Å². The number of pyridine rings is 1. The Labute approximate surface area is 93.0 Å². The topological polar surface area (TPSA) is 119 Å². The van der Waals surface area contributed by atoms with E-state index in [4.69, 9.17) is 10.8 Å². The number of alkyl halides is 2. The molecule has 1 aromatic rings. The van der Waals surface area contributed by atoms with Crippen molar-refractivity contribution in [3.8, 4) is 0 Å². The van der Waals surface area contributed by atoms with Crippen molar-refractivity contribution in [2.45, 2.75) is 12.8 Å². The predicted octanol–water partition coefficient (Wildman–Crippen LogP) is 1.14. The van der Waals surface area contributed by atoms with E-state index in [2.05, 4.69) is 4.98 Å². The monoisotopic (exact) mass is 247 g/mol. The molecule has 17 heavy (non-hydrogen) atoms. The zero-order chi connectivity index (χ0) is 13.2. The van der Waals surface area contributed by atoms with Crippen LogP contribution in [0.3, 0.4) is 0 Å². The van der Waals surface area contributed by atoms with Gasteiger partial charge in [0, 0.05) is 11.6 Å². The van der Waals surface area contributed by atoms with Gasteiger partial charge in [0.05, 0.1) is 17.0 Å². The molecule has 0 saturated carbocycles. The van der Waals surface area contributed by atoms with Gasteiger partial charge in [0.2, 0.25) is 5.82 Å². The summed E-state index contributed by atoms with van der Waals surface area (Å²) < 4.78 is 25.1. The zero-order valence-corrected chi connectivity index (χ0v) is 8.26. The molecule has 0 bridgehead atoms. The lowest BCUT2D eigenvalue weighted by molar-refractivity contribution is -0.384. The minimum atomic E-state index is -3.06. The summed E-state index contributed by atoms with van der Waals surface area (Å²) in [5, 5.41) is 18.9. The molecule has 0 spiro atoms. The van der Waals surface area contributed by atoms with Crippen molar-refractivity contribution in [2.24, 2.45) is 0 Å². The third-order valence-corrected chi connectivity index (χ3v) is 1.89. The van der Waals surface area contributed by atoms with E-state index >= 15 is 0 Å². The van der Waals surface area contributed by atoms with Gasteiger partial charge in [-0.1, -0.05) is 0 Å². The van der Waals surface area contributed by atoms with E-state index < -0.39 is 46.5 Å². The number of aliphatic carboxylic acids is 1. The molecule has 3 N–H and O–H groups in total. The van der Waals surface area contributed by atoms with Crippen molar-refractivity contribution in [3.05, 3.63) is 27.4 Å². The van der Waals surface area contributed by atoms with Gasteiger partial charge in [-0.05, 0) is 0 Å². The van der Waals surface area contributed by atoms with Gasteiger partial charge in [-0.2, -0.15) is 0 Å². The summed E-state index contributed by atoms with van der Waals surface area (Å²) in [7, 11) is 0. The summed E-state index contributed by atoms with van der Waals surface area (Å²) in [5.74, 6) is -1.97. The average molecular weight is 247 g/mol. The summed E-state index contributed by atoms with van der Waals surface area (Å²) in [6.07, 6.45) is -3.84. The van der Waals surface area contributed by atoms with Crippen LogP contribution in [0.15, 0.2) is 6.07 Å². The zero-order valence-electron chi connectivity index (χ0n) is 8.26. The molecule has 1 aromatic heterocycles. The molecule has 0 fully saturated rings. The maximum atomic E-state index is 12.6. The summed E-state index contributed by atoms with van der Waals surface area (Å²) in [6.45, 7) is 0. The first-order valence-corrected chi connectivity index (χ1v) is 4.26. The highest BCUT2D eigenvalue weighted by atomic mass is 19.3. The van der Waals surface area contributed by atoms with Crippen molar-refractivity contribution in [1.82, 2.24) is 4.98 Å². The molecule has 7 nitrogen and oxygen atoms in total. The first-order valence-electron chi connectivity index (χ1n) is 4.26. The molecular formula is C8H7F2N3O4. The quantitative estimate of drug-likeness (QED) is 0.608. The molecule has 9 heteroatoms. The van der Waals surface area contributed by atoms with Crippen LogP contribution in [0.4, 0.5) is 20.3 Å². The van der Waals surface area contributed by atoms with Gasteiger partial charge in [0.15, 0.2) is 0 Å². The van der Waals surface area contributed by atoms with Crippen LogP contribution in [0, 0.1) is 10.1 Å². The number of hydrogen-bond acceptors (Lipinski definition) is 5. The lowest BCUT2D eigenvalue weighted by Crippen LogP contribution is -2.10. The largest absolute Gasteiger partial charge is 0.481 e. The van der Waals surface area contributed by atoms with Crippen LogP contribution in [0.2, 0.25) is 0 Å². The van der Waals surface area contributed by atoms with Gasteiger partial charge in [0.1, 0.15) is 0 Å². The van der Waals surface area contributed by atoms with Gasteiger partial charge in [-0.3, -0.25) is 14.9 Å².